The van der Waals surface area contributed by atoms with E-state index in [0.717, 1.165) is 9.82 Å². The second kappa shape index (κ2) is 9.43. The Kier molecular flexibility index (Phi) is 6.73. The zero-order chi connectivity index (χ0) is 28.0. The van der Waals surface area contributed by atoms with Gasteiger partial charge in [0.05, 0.1) is 5.75 Å². The standard InChI is InChI=1S/C26H30FN5O5S/c1-25(2,3)37-24(34)29-23-30-26(4,15-38(35,36)32(23)6)20-14-31(5)21-12-11-18(13-19(20)21)28-22(33)16-7-9-17(27)10-8-16/h7-14H,15H2,1-6H3,(H,28,33)(H,29,30,34)/t26-/m0/s1. The van der Waals surface area contributed by atoms with Crippen molar-refractivity contribution in [1.82, 2.24) is 14.2 Å². The number of sulfonamides is 1. The molecule has 0 fully saturated rings. The van der Waals surface area contributed by atoms with Gasteiger partial charge in [0.15, 0.2) is 0 Å². The van der Waals surface area contributed by atoms with Crippen LogP contribution in [0.3, 0.4) is 0 Å². The summed E-state index contributed by atoms with van der Waals surface area (Å²) in [5.41, 5.74) is 0.0757. The van der Waals surface area contributed by atoms with Gasteiger partial charge in [0.1, 0.15) is 17.0 Å². The summed E-state index contributed by atoms with van der Waals surface area (Å²) in [5.74, 6) is -1.37. The number of aliphatic imine (C=N–C) groups is 1. The van der Waals surface area contributed by atoms with E-state index in [1.54, 1.807) is 52.1 Å². The molecule has 0 saturated carbocycles. The highest BCUT2D eigenvalue weighted by molar-refractivity contribution is 7.89. The number of rotatable bonds is 3. The fourth-order valence-electron chi connectivity index (χ4n) is 4.26. The molecule has 4 rings (SSSR count). The summed E-state index contributed by atoms with van der Waals surface area (Å²) in [7, 11) is -0.726. The number of nitrogens with zero attached hydrogens (tertiary/aromatic N) is 3. The first kappa shape index (κ1) is 27.1. The van der Waals surface area contributed by atoms with Crippen LogP contribution in [-0.2, 0) is 27.3 Å². The summed E-state index contributed by atoms with van der Waals surface area (Å²) in [6.45, 7) is 6.76. The van der Waals surface area contributed by atoms with Crippen LogP contribution in [0.4, 0.5) is 14.9 Å². The van der Waals surface area contributed by atoms with E-state index >= 15 is 0 Å². The van der Waals surface area contributed by atoms with Crippen LogP contribution >= 0.6 is 0 Å². The number of aromatic nitrogens is 1. The smallest absolute Gasteiger partial charge is 0.414 e. The number of aryl methyl sites for hydroxylation is 1. The minimum absolute atomic E-state index is 0.161. The Bertz CT molecular complexity index is 1560. The Labute approximate surface area is 220 Å². The van der Waals surface area contributed by atoms with Crippen LogP contribution in [0.5, 0.6) is 0 Å². The third-order valence-corrected chi connectivity index (χ3v) is 8.01. The Hall–Kier alpha value is -3.93. The van der Waals surface area contributed by atoms with Gasteiger partial charge >= 0.3 is 6.09 Å². The summed E-state index contributed by atoms with van der Waals surface area (Å²) in [6.07, 6.45) is 0.956. The fraction of sp³-hybridized carbons (Fsp3) is 0.346. The average molecular weight is 544 g/mol. The summed E-state index contributed by atoms with van der Waals surface area (Å²) >= 11 is 0. The largest absolute Gasteiger partial charge is 0.444 e. The third kappa shape index (κ3) is 5.49. The number of anilines is 1. The first-order valence-corrected chi connectivity index (χ1v) is 13.4. The maximum Gasteiger partial charge on any atom is 0.414 e. The molecule has 0 bridgehead atoms. The number of halogens is 1. The van der Waals surface area contributed by atoms with Crippen LogP contribution in [0, 0.1) is 5.82 Å². The molecular formula is C26H30FN5O5S. The van der Waals surface area contributed by atoms with Crippen molar-refractivity contribution in [2.45, 2.75) is 38.8 Å². The van der Waals surface area contributed by atoms with E-state index < -0.39 is 39.0 Å². The predicted octanol–water partition coefficient (Wildman–Crippen LogP) is 3.94. The van der Waals surface area contributed by atoms with Gasteiger partial charge in [-0.05, 0) is 70.2 Å². The molecule has 10 nitrogen and oxygen atoms in total. The van der Waals surface area contributed by atoms with E-state index in [1.165, 1.54) is 31.3 Å². The summed E-state index contributed by atoms with van der Waals surface area (Å²) < 4.78 is 47.6. The normalized spacial score (nSPS) is 19.1. The van der Waals surface area contributed by atoms with Crippen molar-refractivity contribution < 1.29 is 27.1 Å². The van der Waals surface area contributed by atoms with Gasteiger partial charge in [-0.3, -0.25) is 10.1 Å². The van der Waals surface area contributed by atoms with E-state index in [2.05, 4.69) is 15.6 Å². The van der Waals surface area contributed by atoms with Crippen molar-refractivity contribution in [1.29, 1.82) is 0 Å². The van der Waals surface area contributed by atoms with E-state index in [0.29, 0.717) is 16.6 Å². The molecule has 1 aromatic heterocycles. The molecule has 1 aliphatic heterocycles. The van der Waals surface area contributed by atoms with Crippen LogP contribution in [0.2, 0.25) is 0 Å². The Morgan fingerprint density at radius 3 is 2.37 bits per heavy atom. The maximum atomic E-state index is 13.2. The summed E-state index contributed by atoms with van der Waals surface area (Å²) in [5, 5.41) is 5.93. The summed E-state index contributed by atoms with van der Waals surface area (Å²) in [4.78, 5) is 29.8. The highest BCUT2D eigenvalue weighted by Crippen LogP contribution is 2.38. The van der Waals surface area contributed by atoms with Gasteiger partial charge in [0.25, 0.3) is 5.91 Å². The number of hydrogen-bond acceptors (Lipinski definition) is 6. The van der Waals surface area contributed by atoms with Gasteiger partial charge in [-0.2, -0.15) is 0 Å². The SMILES string of the molecule is CN1C(NC(=O)OC(C)(C)C)=N[C@](C)(c2cn(C)c3ccc(NC(=O)c4ccc(F)cc4)cc23)CS1(=O)=O. The summed E-state index contributed by atoms with van der Waals surface area (Å²) in [6, 6.07) is 10.4. The minimum atomic E-state index is -3.86. The van der Waals surface area contributed by atoms with Gasteiger partial charge in [-0.1, -0.05) is 0 Å². The first-order valence-electron chi connectivity index (χ1n) is 11.8. The number of hydrogen-bond donors (Lipinski definition) is 2. The van der Waals surface area contributed by atoms with Gasteiger partial charge in [-0.25, -0.2) is 26.9 Å². The molecule has 2 heterocycles. The maximum absolute atomic E-state index is 13.2. The highest BCUT2D eigenvalue weighted by Gasteiger charge is 2.43. The molecule has 0 unspecified atom stereocenters. The number of amides is 2. The molecular weight excluding hydrogens is 513 g/mol. The predicted molar refractivity (Wildman–Crippen MR) is 143 cm³/mol. The number of alkyl carbamates (subject to hydrolysis) is 1. The number of nitrogens with one attached hydrogen (secondary N) is 2. The fourth-order valence-corrected chi connectivity index (χ4v) is 5.74. The number of ether oxygens (including phenoxy) is 1. The zero-order valence-corrected chi connectivity index (χ0v) is 22.8. The van der Waals surface area contributed by atoms with Gasteiger partial charge < -0.3 is 14.6 Å². The van der Waals surface area contributed by atoms with E-state index in [1.807, 2.05) is 11.6 Å². The Morgan fingerprint density at radius 2 is 1.74 bits per heavy atom. The third-order valence-electron chi connectivity index (χ3n) is 6.08. The van der Waals surface area contributed by atoms with Gasteiger partial charge in [0, 0.05) is 48.0 Å². The second-order valence-corrected chi connectivity index (χ2v) is 12.4. The van der Waals surface area contributed by atoms with Crippen LogP contribution < -0.4 is 10.6 Å². The Morgan fingerprint density at radius 1 is 1.08 bits per heavy atom. The van der Waals surface area contributed by atoms with Crippen molar-refractivity contribution in [3.63, 3.8) is 0 Å². The van der Waals surface area contributed by atoms with Crippen LogP contribution in [0.1, 0.15) is 43.6 Å². The molecule has 2 amide bonds. The van der Waals surface area contributed by atoms with E-state index in [-0.39, 0.29) is 17.3 Å². The lowest BCUT2D eigenvalue weighted by Crippen LogP contribution is -2.54. The molecule has 0 saturated heterocycles. The lowest BCUT2D eigenvalue weighted by atomic mass is 9.94. The van der Waals surface area contributed by atoms with Crippen molar-refractivity contribution in [2.75, 3.05) is 18.1 Å². The van der Waals surface area contributed by atoms with Crippen LogP contribution in [0.25, 0.3) is 10.9 Å². The quantitative estimate of drug-likeness (QED) is 0.518. The van der Waals surface area contributed by atoms with Crippen molar-refractivity contribution in [3.05, 3.63) is 65.6 Å². The molecule has 0 radical (unpaired) electrons. The highest BCUT2D eigenvalue weighted by atomic mass is 32.2. The van der Waals surface area contributed by atoms with Crippen LogP contribution in [-0.4, -0.2) is 53.7 Å². The first-order chi connectivity index (χ1) is 17.6. The Balaban J connectivity index is 1.74. The molecule has 2 N–H and O–H groups in total. The monoisotopic (exact) mass is 543 g/mol. The zero-order valence-electron chi connectivity index (χ0n) is 22.0. The lowest BCUT2D eigenvalue weighted by molar-refractivity contribution is 0.0559. The minimum Gasteiger partial charge on any atom is -0.444 e. The topological polar surface area (TPSA) is 122 Å². The molecule has 12 heteroatoms. The molecule has 1 atom stereocenters. The molecule has 0 aliphatic carbocycles. The van der Waals surface area contributed by atoms with Crippen LogP contribution in [0.15, 0.2) is 53.7 Å². The van der Waals surface area contributed by atoms with Crippen molar-refractivity contribution >= 4 is 44.6 Å². The average Bonchev–Trinajstić information content (AvgIpc) is 3.13. The molecule has 2 aromatic carbocycles. The van der Waals surface area contributed by atoms with E-state index in [9.17, 15) is 22.4 Å². The molecule has 0 spiro atoms. The molecule has 3 aromatic rings. The molecule has 38 heavy (non-hydrogen) atoms. The lowest BCUT2D eigenvalue weighted by Gasteiger charge is -2.35. The number of carbonyl (C=O) groups excluding carboxylic acids is 2. The molecule has 202 valence electrons. The number of benzene rings is 2. The van der Waals surface area contributed by atoms with E-state index in [4.69, 9.17) is 4.74 Å². The molecule has 1 aliphatic rings. The van der Waals surface area contributed by atoms with Gasteiger partial charge in [-0.15, -0.1) is 0 Å². The van der Waals surface area contributed by atoms with Crippen molar-refractivity contribution in [3.8, 4) is 0 Å². The van der Waals surface area contributed by atoms with Crippen molar-refractivity contribution in [2.24, 2.45) is 12.0 Å². The number of fused-ring (bicyclic) bond motifs is 1. The number of carbonyl (C=O) groups is 2. The van der Waals surface area contributed by atoms with Gasteiger partial charge in [0.2, 0.25) is 16.0 Å². The number of guanidine groups is 1. The second-order valence-electron chi connectivity index (χ2n) is 10.4.